The van der Waals surface area contributed by atoms with E-state index in [9.17, 15) is 9.59 Å². The number of alkyl carbamates (subject to hydrolysis) is 1. The number of thiazole rings is 1. The van der Waals surface area contributed by atoms with Crippen LogP contribution in [0, 0.1) is 5.92 Å². The Morgan fingerprint density at radius 2 is 1.86 bits per heavy atom. The van der Waals surface area contributed by atoms with Gasteiger partial charge in [-0.2, -0.15) is 0 Å². The molecule has 29 heavy (non-hydrogen) atoms. The number of benzene rings is 1. The van der Waals surface area contributed by atoms with Gasteiger partial charge in [-0.15, -0.1) is 11.3 Å². The lowest BCUT2D eigenvalue weighted by Crippen LogP contribution is -2.56. The Labute approximate surface area is 176 Å². The van der Waals surface area contributed by atoms with E-state index < -0.39 is 12.1 Å². The predicted octanol–water partition coefficient (Wildman–Crippen LogP) is 3.27. The van der Waals surface area contributed by atoms with Crippen LogP contribution in [0.3, 0.4) is 0 Å². The van der Waals surface area contributed by atoms with E-state index in [0.29, 0.717) is 13.1 Å². The van der Waals surface area contributed by atoms with Crippen LogP contribution in [-0.2, 0) is 9.53 Å². The molecule has 1 aliphatic rings. The van der Waals surface area contributed by atoms with Gasteiger partial charge in [0.15, 0.2) is 0 Å². The Balaban J connectivity index is 1.59. The lowest BCUT2D eigenvalue weighted by atomic mass is 10.0. The van der Waals surface area contributed by atoms with Gasteiger partial charge in [0.1, 0.15) is 11.0 Å². The average molecular weight is 419 g/mol. The first-order chi connectivity index (χ1) is 13.9. The maximum atomic E-state index is 13.0. The molecule has 1 fully saturated rings. The molecule has 1 aromatic carbocycles. The largest absolute Gasteiger partial charge is 0.450 e. The Morgan fingerprint density at radius 3 is 2.48 bits per heavy atom. The van der Waals surface area contributed by atoms with E-state index >= 15 is 0 Å². The number of nitrogens with zero attached hydrogens (tertiary/aromatic N) is 3. The Hall–Kier alpha value is -2.19. The van der Waals surface area contributed by atoms with Crippen LogP contribution in [0.1, 0.15) is 38.7 Å². The third kappa shape index (κ3) is 5.05. The molecule has 2 unspecified atom stereocenters. The summed E-state index contributed by atoms with van der Waals surface area (Å²) in [6.45, 7) is 10.9. The van der Waals surface area contributed by atoms with Crippen molar-refractivity contribution < 1.29 is 14.3 Å². The first-order valence-electron chi connectivity index (χ1n) is 10.2. The molecular formula is C21H30N4O3S. The lowest BCUT2D eigenvalue weighted by Gasteiger charge is -2.39. The highest BCUT2D eigenvalue weighted by Crippen LogP contribution is 2.30. The highest BCUT2D eigenvalue weighted by molar-refractivity contribution is 7.18. The van der Waals surface area contributed by atoms with Crippen molar-refractivity contribution in [3.05, 3.63) is 29.3 Å². The molecule has 0 bridgehead atoms. The number of aromatic nitrogens is 1. The fourth-order valence-corrected chi connectivity index (χ4v) is 4.62. The zero-order valence-electron chi connectivity index (χ0n) is 17.6. The molecule has 0 spiro atoms. The Morgan fingerprint density at radius 1 is 1.17 bits per heavy atom. The van der Waals surface area contributed by atoms with Crippen LogP contribution >= 0.6 is 11.3 Å². The topological polar surface area (TPSA) is 74.8 Å². The molecule has 0 radical (unpaired) electrons. The van der Waals surface area contributed by atoms with Crippen molar-refractivity contribution in [2.45, 2.75) is 39.8 Å². The molecule has 7 nitrogen and oxygen atoms in total. The van der Waals surface area contributed by atoms with E-state index in [1.807, 2.05) is 36.9 Å². The van der Waals surface area contributed by atoms with Crippen molar-refractivity contribution in [3.8, 4) is 0 Å². The van der Waals surface area contributed by atoms with Crippen LogP contribution in [0.4, 0.5) is 4.79 Å². The minimum Gasteiger partial charge on any atom is -0.450 e. The standard InChI is InChI=1S/C21H30N4O3S/c1-5-28-21(27)23-18(14(2)3)20(26)25-12-10-24(11-13-25)15(4)19-22-16-8-6-7-9-17(16)29-19/h6-9,14-15,18H,5,10-13H2,1-4H3,(H,23,27). The maximum Gasteiger partial charge on any atom is 0.407 e. The minimum atomic E-state index is -0.567. The Bertz CT molecular complexity index is 812. The molecule has 1 aliphatic heterocycles. The second-order valence-electron chi connectivity index (χ2n) is 7.64. The Kier molecular flexibility index (Phi) is 7.08. The van der Waals surface area contributed by atoms with Gasteiger partial charge >= 0.3 is 6.09 Å². The summed E-state index contributed by atoms with van der Waals surface area (Å²) in [6, 6.07) is 7.83. The van der Waals surface area contributed by atoms with Gasteiger partial charge in [-0.05, 0) is 31.9 Å². The number of nitrogens with one attached hydrogen (secondary N) is 1. The van der Waals surface area contributed by atoms with Crippen molar-refractivity contribution in [1.29, 1.82) is 0 Å². The summed E-state index contributed by atoms with van der Waals surface area (Å²) in [5.74, 6) is -0.0491. The third-order valence-corrected chi connectivity index (χ3v) is 6.53. The lowest BCUT2D eigenvalue weighted by molar-refractivity contribution is -0.136. The first-order valence-corrected chi connectivity index (χ1v) is 11.0. The smallest absolute Gasteiger partial charge is 0.407 e. The van der Waals surface area contributed by atoms with Gasteiger partial charge in [0.05, 0.1) is 22.9 Å². The van der Waals surface area contributed by atoms with Crippen LogP contribution in [0.5, 0.6) is 0 Å². The zero-order chi connectivity index (χ0) is 21.0. The van der Waals surface area contributed by atoms with Gasteiger partial charge in [-0.3, -0.25) is 9.69 Å². The number of carbonyl (C=O) groups excluding carboxylic acids is 2. The predicted molar refractivity (Wildman–Crippen MR) is 115 cm³/mol. The molecule has 0 aliphatic carbocycles. The second kappa shape index (κ2) is 9.54. The number of rotatable bonds is 6. The normalized spacial score (nSPS) is 17.3. The summed E-state index contributed by atoms with van der Waals surface area (Å²) in [5.41, 5.74) is 1.04. The SMILES string of the molecule is CCOC(=O)NC(C(=O)N1CCN(C(C)c2nc3ccccc3s2)CC1)C(C)C. The van der Waals surface area contributed by atoms with E-state index in [2.05, 4.69) is 23.2 Å². The van der Waals surface area contributed by atoms with Crippen LogP contribution < -0.4 is 5.32 Å². The summed E-state index contributed by atoms with van der Waals surface area (Å²) in [7, 11) is 0. The average Bonchev–Trinajstić information content (AvgIpc) is 3.15. The quantitative estimate of drug-likeness (QED) is 0.779. The zero-order valence-corrected chi connectivity index (χ0v) is 18.4. The summed E-state index contributed by atoms with van der Waals surface area (Å²) < 4.78 is 6.15. The molecule has 1 saturated heterocycles. The first kappa shape index (κ1) is 21.5. The van der Waals surface area contributed by atoms with Crippen molar-refractivity contribution in [3.63, 3.8) is 0 Å². The van der Waals surface area contributed by atoms with E-state index in [-0.39, 0.29) is 24.5 Å². The van der Waals surface area contributed by atoms with E-state index in [1.165, 1.54) is 4.70 Å². The number of carbonyl (C=O) groups is 2. The van der Waals surface area contributed by atoms with E-state index in [4.69, 9.17) is 9.72 Å². The van der Waals surface area contributed by atoms with Gasteiger partial charge < -0.3 is 15.0 Å². The number of ether oxygens (including phenoxy) is 1. The molecule has 2 aromatic rings. The van der Waals surface area contributed by atoms with Crippen molar-refractivity contribution >= 4 is 33.6 Å². The third-order valence-electron chi connectivity index (χ3n) is 5.32. The molecular weight excluding hydrogens is 388 g/mol. The van der Waals surface area contributed by atoms with Crippen molar-refractivity contribution in [1.82, 2.24) is 20.1 Å². The van der Waals surface area contributed by atoms with Gasteiger partial charge in [-0.25, -0.2) is 9.78 Å². The minimum absolute atomic E-state index is 0.00777. The number of fused-ring (bicyclic) bond motifs is 1. The highest BCUT2D eigenvalue weighted by Gasteiger charge is 2.32. The molecule has 1 N–H and O–H groups in total. The fraction of sp³-hybridized carbons (Fsp3) is 0.571. The molecule has 2 atom stereocenters. The molecule has 158 valence electrons. The number of amides is 2. The molecule has 2 heterocycles. The van der Waals surface area contributed by atoms with Crippen molar-refractivity contribution in [2.24, 2.45) is 5.92 Å². The number of hydrogen-bond donors (Lipinski definition) is 1. The van der Waals surface area contributed by atoms with Crippen molar-refractivity contribution in [2.75, 3.05) is 32.8 Å². The van der Waals surface area contributed by atoms with Gasteiger partial charge in [0.2, 0.25) is 5.91 Å². The number of hydrogen-bond acceptors (Lipinski definition) is 6. The van der Waals surface area contributed by atoms with Crippen LogP contribution in [0.15, 0.2) is 24.3 Å². The maximum absolute atomic E-state index is 13.0. The number of para-hydroxylation sites is 1. The summed E-state index contributed by atoms with van der Waals surface area (Å²) >= 11 is 1.73. The number of piperazine rings is 1. The monoisotopic (exact) mass is 418 g/mol. The van der Waals surface area contributed by atoms with E-state index in [0.717, 1.165) is 23.6 Å². The molecule has 8 heteroatoms. The summed E-state index contributed by atoms with van der Waals surface area (Å²) in [5, 5.41) is 3.82. The molecule has 3 rings (SSSR count). The van der Waals surface area contributed by atoms with Gasteiger partial charge in [0, 0.05) is 26.2 Å². The van der Waals surface area contributed by atoms with Gasteiger partial charge in [0.25, 0.3) is 0 Å². The molecule has 2 amide bonds. The van der Waals surface area contributed by atoms with Crippen LogP contribution in [0.2, 0.25) is 0 Å². The van der Waals surface area contributed by atoms with E-state index in [1.54, 1.807) is 18.3 Å². The van der Waals surface area contributed by atoms with Crippen LogP contribution in [0.25, 0.3) is 10.2 Å². The molecule has 0 saturated carbocycles. The highest BCUT2D eigenvalue weighted by atomic mass is 32.1. The second-order valence-corrected chi connectivity index (χ2v) is 8.71. The fourth-order valence-electron chi connectivity index (χ4n) is 3.56. The summed E-state index contributed by atoms with van der Waals surface area (Å²) in [4.78, 5) is 33.8. The van der Waals surface area contributed by atoms with Gasteiger partial charge in [-0.1, -0.05) is 26.0 Å². The molecule has 1 aromatic heterocycles. The van der Waals surface area contributed by atoms with Crippen LogP contribution in [-0.4, -0.2) is 65.6 Å². The summed E-state index contributed by atoms with van der Waals surface area (Å²) in [6.07, 6.45) is -0.539.